The Hall–Kier alpha value is -2.29. The van der Waals surface area contributed by atoms with Crippen LogP contribution in [0.15, 0.2) is 42.5 Å². The van der Waals surface area contributed by atoms with Gasteiger partial charge in [0.15, 0.2) is 0 Å². The fourth-order valence-electron chi connectivity index (χ4n) is 5.04. The first-order valence-electron chi connectivity index (χ1n) is 15.5. The van der Waals surface area contributed by atoms with E-state index in [9.17, 15) is 9.90 Å². The molecule has 0 unspecified atom stereocenters. The molecule has 0 fully saturated rings. The summed E-state index contributed by atoms with van der Waals surface area (Å²) in [5, 5.41) is 9.78. The minimum absolute atomic E-state index is 0.117. The molecule has 2 aromatic carbocycles. The van der Waals surface area contributed by atoms with E-state index in [1.165, 1.54) is 96.3 Å². The highest BCUT2D eigenvalue weighted by atomic mass is 16.5. The first-order chi connectivity index (χ1) is 18.3. The van der Waals surface area contributed by atoms with Crippen LogP contribution in [0.4, 0.5) is 0 Å². The maximum absolute atomic E-state index is 11.9. The van der Waals surface area contributed by atoms with E-state index in [4.69, 9.17) is 4.74 Å². The van der Waals surface area contributed by atoms with E-state index >= 15 is 0 Å². The molecule has 38 heavy (non-hydrogen) atoms. The number of ether oxygens (including phenoxy) is 1. The van der Waals surface area contributed by atoms with Crippen molar-refractivity contribution in [1.82, 2.24) is 0 Å². The fourth-order valence-corrected chi connectivity index (χ4v) is 5.04. The predicted octanol–water partition coefficient (Wildman–Crippen LogP) is 11.3. The Morgan fingerprint density at radius 1 is 0.684 bits per heavy atom. The summed E-state index contributed by atoms with van der Waals surface area (Å²) >= 11 is 0. The van der Waals surface area contributed by atoms with Crippen LogP contribution in [0.2, 0.25) is 0 Å². The van der Waals surface area contributed by atoms with Crippen molar-refractivity contribution in [3.63, 3.8) is 0 Å². The smallest absolute Gasteiger partial charge is 0.339 e. The Labute approximate surface area is 233 Å². The summed E-state index contributed by atoms with van der Waals surface area (Å²) in [6.07, 6.45) is 22.8. The maximum Gasteiger partial charge on any atom is 0.339 e. The molecule has 0 aliphatic heterocycles. The second-order valence-electron chi connectivity index (χ2n) is 12.0. The summed E-state index contributed by atoms with van der Waals surface area (Å²) in [4.78, 5) is 11.9. The number of hydrogen-bond donors (Lipinski definition) is 1. The summed E-state index contributed by atoms with van der Waals surface area (Å²) in [6.45, 7) is 8.54. The number of para-hydroxylation sites is 1. The zero-order valence-electron chi connectivity index (χ0n) is 24.8. The third kappa shape index (κ3) is 12.5. The molecule has 3 nitrogen and oxygen atoms in total. The number of carboxylic acid groups (broad SMARTS) is 1. The lowest BCUT2D eigenvalue weighted by atomic mass is 9.86. The molecule has 0 aliphatic carbocycles. The van der Waals surface area contributed by atoms with Crippen molar-refractivity contribution in [3.8, 4) is 11.5 Å². The average Bonchev–Trinajstić information content (AvgIpc) is 2.88. The van der Waals surface area contributed by atoms with Gasteiger partial charge in [0.25, 0.3) is 0 Å². The van der Waals surface area contributed by atoms with Gasteiger partial charge >= 0.3 is 5.97 Å². The van der Waals surface area contributed by atoms with E-state index in [0.717, 1.165) is 29.7 Å². The van der Waals surface area contributed by atoms with E-state index in [2.05, 4.69) is 33.8 Å². The molecule has 1 N–H and O–H groups in total. The van der Waals surface area contributed by atoms with Gasteiger partial charge in [-0.3, -0.25) is 0 Å². The van der Waals surface area contributed by atoms with Gasteiger partial charge in [0.1, 0.15) is 17.1 Å². The van der Waals surface area contributed by atoms with Crippen LogP contribution in [0, 0.1) is 0 Å². The van der Waals surface area contributed by atoms with Crippen LogP contribution in [0.3, 0.4) is 0 Å². The van der Waals surface area contributed by atoms with Crippen molar-refractivity contribution < 1.29 is 14.6 Å². The second kappa shape index (κ2) is 18.1. The van der Waals surface area contributed by atoms with Crippen molar-refractivity contribution >= 4 is 5.97 Å². The van der Waals surface area contributed by atoms with Crippen LogP contribution in [0.1, 0.15) is 152 Å². The molecule has 0 spiro atoms. The molecule has 0 saturated carbocycles. The first kappa shape index (κ1) is 31.9. The molecule has 0 aromatic heterocycles. The summed E-state index contributed by atoms with van der Waals surface area (Å²) in [5.74, 6) is 0.214. The molecule has 0 aliphatic rings. The third-order valence-corrected chi connectivity index (χ3v) is 7.57. The van der Waals surface area contributed by atoms with Crippen molar-refractivity contribution in [1.29, 1.82) is 0 Å². The van der Waals surface area contributed by atoms with Gasteiger partial charge in [-0.2, -0.15) is 0 Å². The van der Waals surface area contributed by atoms with Crippen LogP contribution in [-0.4, -0.2) is 11.1 Å². The lowest BCUT2D eigenvalue weighted by molar-refractivity contribution is 0.0694. The highest BCUT2D eigenvalue weighted by molar-refractivity contribution is 5.91. The topological polar surface area (TPSA) is 46.5 Å². The van der Waals surface area contributed by atoms with Gasteiger partial charge in [0.2, 0.25) is 0 Å². The normalized spacial score (nSPS) is 11.6. The number of hydrogen-bond acceptors (Lipinski definition) is 2. The van der Waals surface area contributed by atoms with Crippen LogP contribution >= 0.6 is 0 Å². The van der Waals surface area contributed by atoms with Crippen molar-refractivity contribution in [2.75, 3.05) is 0 Å². The molecule has 0 atom stereocenters. The Morgan fingerprint density at radius 3 is 1.68 bits per heavy atom. The van der Waals surface area contributed by atoms with Crippen molar-refractivity contribution in [3.05, 3.63) is 59.2 Å². The quantitative estimate of drug-likeness (QED) is 0.176. The van der Waals surface area contributed by atoms with E-state index in [1.807, 2.05) is 24.3 Å². The Bertz CT molecular complexity index is 925. The van der Waals surface area contributed by atoms with Gasteiger partial charge in [0.05, 0.1) is 0 Å². The first-order valence-corrected chi connectivity index (χ1v) is 15.5. The number of carbonyl (C=O) groups is 1. The van der Waals surface area contributed by atoms with Crippen LogP contribution in [0.5, 0.6) is 11.5 Å². The van der Waals surface area contributed by atoms with Crippen LogP contribution < -0.4 is 4.74 Å². The van der Waals surface area contributed by atoms with Crippen molar-refractivity contribution in [2.24, 2.45) is 0 Å². The van der Waals surface area contributed by atoms with Crippen molar-refractivity contribution in [2.45, 2.75) is 142 Å². The number of benzene rings is 2. The monoisotopic (exact) mass is 522 g/mol. The standard InChI is InChI=1S/C35H54O3/c1-5-6-7-8-9-10-11-12-13-14-15-16-17-18-19-20-23-29-24-21-22-25-32(29)38-33-27-26-30(35(2,3)4)28-31(33)34(36)37/h21-22,24-28H,5-20,23H2,1-4H3,(H,36,37). The highest BCUT2D eigenvalue weighted by Gasteiger charge is 2.20. The number of rotatable bonds is 20. The molecule has 0 radical (unpaired) electrons. The van der Waals surface area contributed by atoms with Gasteiger partial charge < -0.3 is 9.84 Å². The van der Waals surface area contributed by atoms with Gasteiger partial charge in [-0.05, 0) is 47.6 Å². The lowest BCUT2D eigenvalue weighted by Gasteiger charge is -2.21. The number of aromatic carboxylic acids is 1. The van der Waals surface area contributed by atoms with Gasteiger partial charge in [-0.15, -0.1) is 0 Å². The molecule has 2 rings (SSSR count). The second-order valence-corrected chi connectivity index (χ2v) is 12.0. The Kier molecular flexibility index (Phi) is 15.2. The van der Waals surface area contributed by atoms with Gasteiger partial charge in [-0.25, -0.2) is 4.79 Å². The van der Waals surface area contributed by atoms with Crippen LogP contribution in [-0.2, 0) is 11.8 Å². The molecule has 212 valence electrons. The molecule has 0 amide bonds. The maximum atomic E-state index is 11.9. The Morgan fingerprint density at radius 2 is 1.18 bits per heavy atom. The summed E-state index contributed by atoms with van der Waals surface area (Å²) in [6, 6.07) is 13.6. The number of unbranched alkanes of at least 4 members (excludes halogenated alkanes) is 15. The molecule has 0 bridgehead atoms. The molecule has 0 heterocycles. The Balaban J connectivity index is 1.65. The zero-order valence-corrected chi connectivity index (χ0v) is 24.8. The van der Waals surface area contributed by atoms with Crippen LogP contribution in [0.25, 0.3) is 0 Å². The number of aryl methyl sites for hydroxylation is 1. The number of carboxylic acids is 1. The van der Waals surface area contributed by atoms with Gasteiger partial charge in [-0.1, -0.05) is 148 Å². The molecule has 3 heteroatoms. The third-order valence-electron chi connectivity index (χ3n) is 7.57. The van der Waals surface area contributed by atoms with Gasteiger partial charge in [0, 0.05) is 0 Å². The SMILES string of the molecule is CCCCCCCCCCCCCCCCCCc1ccccc1Oc1ccc(C(C)(C)C)cc1C(=O)O. The predicted molar refractivity (Wildman–Crippen MR) is 162 cm³/mol. The highest BCUT2D eigenvalue weighted by Crippen LogP contribution is 2.33. The largest absolute Gasteiger partial charge is 0.478 e. The van der Waals surface area contributed by atoms with E-state index in [-0.39, 0.29) is 11.0 Å². The van der Waals surface area contributed by atoms with E-state index < -0.39 is 5.97 Å². The lowest BCUT2D eigenvalue weighted by Crippen LogP contribution is -2.13. The fraction of sp³-hybridized carbons (Fsp3) is 0.629. The van der Waals surface area contributed by atoms with E-state index in [1.54, 1.807) is 12.1 Å². The molecular weight excluding hydrogens is 468 g/mol. The molecular formula is C35H54O3. The summed E-state index contributed by atoms with van der Waals surface area (Å²) in [7, 11) is 0. The minimum Gasteiger partial charge on any atom is -0.478 e. The minimum atomic E-state index is -0.957. The molecule has 0 saturated heterocycles. The molecule has 2 aromatic rings. The van der Waals surface area contributed by atoms with E-state index in [0.29, 0.717) is 5.75 Å². The summed E-state index contributed by atoms with van der Waals surface area (Å²) < 4.78 is 6.17. The zero-order chi connectivity index (χ0) is 27.6. The average molecular weight is 523 g/mol. The summed E-state index contributed by atoms with van der Waals surface area (Å²) in [5.41, 5.74) is 2.24.